The predicted molar refractivity (Wildman–Crippen MR) is 112 cm³/mol. The summed E-state index contributed by atoms with van der Waals surface area (Å²) >= 11 is 0. The van der Waals surface area contributed by atoms with Gasteiger partial charge in [0.25, 0.3) is 0 Å². The second-order valence-electron chi connectivity index (χ2n) is 5.82. The van der Waals surface area contributed by atoms with Gasteiger partial charge in [-0.3, -0.25) is 4.99 Å². The molecular weight excluding hydrogens is 429 g/mol. The molecule has 0 amide bonds. The predicted octanol–water partition coefficient (Wildman–Crippen LogP) is 3.51. The van der Waals surface area contributed by atoms with Crippen LogP contribution in [-0.4, -0.2) is 30.2 Å². The Morgan fingerprint density at radius 3 is 2.60 bits per heavy atom. The molecular formula is C19H28IN3O2. The van der Waals surface area contributed by atoms with Gasteiger partial charge in [0, 0.05) is 12.6 Å². The van der Waals surface area contributed by atoms with Crippen molar-refractivity contribution >= 4 is 29.9 Å². The molecule has 0 aliphatic rings. The highest BCUT2D eigenvalue weighted by atomic mass is 127. The van der Waals surface area contributed by atoms with Gasteiger partial charge in [-0.15, -0.1) is 24.0 Å². The Morgan fingerprint density at radius 1 is 1.20 bits per heavy atom. The van der Waals surface area contributed by atoms with Crippen molar-refractivity contribution in [2.24, 2.45) is 4.99 Å². The summed E-state index contributed by atoms with van der Waals surface area (Å²) in [5.74, 6) is 1.25. The Bertz CT molecular complexity index is 602. The molecule has 0 spiro atoms. The summed E-state index contributed by atoms with van der Waals surface area (Å²) in [4.78, 5) is 4.45. The monoisotopic (exact) mass is 457 g/mol. The summed E-state index contributed by atoms with van der Waals surface area (Å²) in [5, 5.41) is 16.7. The highest BCUT2D eigenvalue weighted by Crippen LogP contribution is 2.13. The van der Waals surface area contributed by atoms with Crippen LogP contribution in [0.3, 0.4) is 0 Å². The van der Waals surface area contributed by atoms with Crippen LogP contribution in [0.1, 0.15) is 37.7 Å². The van der Waals surface area contributed by atoms with Crippen LogP contribution in [-0.2, 0) is 6.42 Å². The molecule has 0 bridgehead atoms. The third kappa shape index (κ3) is 7.92. The van der Waals surface area contributed by atoms with E-state index in [0.717, 1.165) is 19.4 Å². The van der Waals surface area contributed by atoms with Gasteiger partial charge in [0.15, 0.2) is 5.96 Å². The largest absolute Gasteiger partial charge is 0.467 e. The van der Waals surface area contributed by atoms with Gasteiger partial charge in [-0.05, 0) is 44.4 Å². The fraction of sp³-hybridized carbons (Fsp3) is 0.421. The molecule has 0 saturated carbocycles. The van der Waals surface area contributed by atoms with Crippen LogP contribution < -0.4 is 10.6 Å². The average molecular weight is 457 g/mol. The normalized spacial score (nSPS) is 13.6. The van der Waals surface area contributed by atoms with Crippen molar-refractivity contribution in [2.75, 3.05) is 13.1 Å². The summed E-state index contributed by atoms with van der Waals surface area (Å²) in [6, 6.07) is 14.2. The molecule has 0 aliphatic heterocycles. The smallest absolute Gasteiger partial charge is 0.191 e. The molecule has 0 aliphatic carbocycles. The van der Waals surface area contributed by atoms with E-state index in [0.29, 0.717) is 11.7 Å². The second-order valence-corrected chi connectivity index (χ2v) is 5.82. The second kappa shape index (κ2) is 11.9. The van der Waals surface area contributed by atoms with E-state index in [4.69, 9.17) is 4.42 Å². The van der Waals surface area contributed by atoms with Crippen LogP contribution in [0.15, 0.2) is 58.1 Å². The van der Waals surface area contributed by atoms with Gasteiger partial charge in [0.2, 0.25) is 0 Å². The molecule has 2 aromatic rings. The van der Waals surface area contributed by atoms with Crippen molar-refractivity contribution in [2.45, 2.75) is 38.8 Å². The number of guanidine groups is 1. The van der Waals surface area contributed by atoms with Gasteiger partial charge >= 0.3 is 0 Å². The maximum atomic E-state index is 10.1. The molecule has 5 nitrogen and oxygen atoms in total. The molecule has 25 heavy (non-hydrogen) atoms. The lowest BCUT2D eigenvalue weighted by Gasteiger charge is -2.18. The van der Waals surface area contributed by atoms with Crippen molar-refractivity contribution in [3.63, 3.8) is 0 Å². The fourth-order valence-corrected chi connectivity index (χ4v) is 2.40. The van der Waals surface area contributed by atoms with E-state index in [-0.39, 0.29) is 36.6 Å². The summed E-state index contributed by atoms with van der Waals surface area (Å²) in [7, 11) is 0. The van der Waals surface area contributed by atoms with Gasteiger partial charge < -0.3 is 20.2 Å². The average Bonchev–Trinajstić information content (AvgIpc) is 3.13. The Labute approximate surface area is 167 Å². The van der Waals surface area contributed by atoms with E-state index in [1.165, 1.54) is 5.56 Å². The number of halogens is 1. The summed E-state index contributed by atoms with van der Waals surface area (Å²) in [6.07, 6.45) is 2.85. The van der Waals surface area contributed by atoms with Crippen molar-refractivity contribution < 1.29 is 9.52 Å². The number of aryl methyl sites for hydroxylation is 1. The number of nitrogens with zero attached hydrogens (tertiary/aromatic N) is 1. The number of hydrogen-bond donors (Lipinski definition) is 3. The minimum atomic E-state index is -0.727. The first-order chi connectivity index (χ1) is 11.7. The number of aliphatic hydroxyl groups excluding tert-OH is 1. The molecule has 138 valence electrons. The highest BCUT2D eigenvalue weighted by Gasteiger charge is 2.11. The minimum Gasteiger partial charge on any atom is -0.467 e. The number of hydrogen-bond acceptors (Lipinski definition) is 3. The fourth-order valence-electron chi connectivity index (χ4n) is 2.40. The van der Waals surface area contributed by atoms with Gasteiger partial charge in [-0.2, -0.15) is 0 Å². The standard InChI is InChI=1S/C19H27N3O2.HI/c1-3-20-19(21-14-17(23)18-10-7-13-24-18)22-15(2)11-12-16-8-5-4-6-9-16;/h4-10,13,15,17,23H,3,11-12,14H2,1-2H3,(H2,20,21,22);1H. The minimum absolute atomic E-state index is 0. The Kier molecular flexibility index (Phi) is 10.3. The zero-order valence-corrected chi connectivity index (χ0v) is 17.1. The maximum absolute atomic E-state index is 10.1. The quantitative estimate of drug-likeness (QED) is 0.323. The lowest BCUT2D eigenvalue weighted by atomic mass is 10.1. The van der Waals surface area contributed by atoms with Gasteiger partial charge in [0.05, 0.1) is 12.8 Å². The molecule has 0 saturated heterocycles. The van der Waals surface area contributed by atoms with Crippen molar-refractivity contribution in [3.8, 4) is 0 Å². The Balaban J connectivity index is 0.00000312. The lowest BCUT2D eigenvalue weighted by Crippen LogP contribution is -2.42. The number of benzene rings is 1. The molecule has 1 aromatic heterocycles. The third-order valence-corrected chi connectivity index (χ3v) is 3.73. The van der Waals surface area contributed by atoms with Crippen LogP contribution >= 0.6 is 24.0 Å². The van der Waals surface area contributed by atoms with E-state index in [9.17, 15) is 5.11 Å². The first kappa shape index (κ1) is 21.5. The number of furan rings is 1. The van der Waals surface area contributed by atoms with Crippen molar-refractivity contribution in [1.82, 2.24) is 10.6 Å². The van der Waals surface area contributed by atoms with Crippen LogP contribution in [0, 0.1) is 0 Å². The molecule has 0 radical (unpaired) electrons. The van der Waals surface area contributed by atoms with Crippen molar-refractivity contribution in [3.05, 3.63) is 60.1 Å². The van der Waals surface area contributed by atoms with E-state index < -0.39 is 6.10 Å². The number of aliphatic hydroxyl groups is 1. The van der Waals surface area contributed by atoms with Crippen LogP contribution in [0.25, 0.3) is 0 Å². The highest BCUT2D eigenvalue weighted by molar-refractivity contribution is 14.0. The molecule has 3 N–H and O–H groups in total. The Morgan fingerprint density at radius 2 is 1.96 bits per heavy atom. The molecule has 1 heterocycles. The number of aliphatic imine (C=N–C) groups is 1. The molecule has 2 rings (SSSR count). The summed E-state index contributed by atoms with van der Waals surface area (Å²) in [5.41, 5.74) is 1.33. The number of nitrogens with one attached hydrogen (secondary N) is 2. The SMILES string of the molecule is CCNC(=NCC(O)c1ccco1)NC(C)CCc1ccccc1.I. The van der Waals surface area contributed by atoms with E-state index in [1.54, 1.807) is 18.4 Å². The molecule has 6 heteroatoms. The molecule has 1 aromatic carbocycles. The topological polar surface area (TPSA) is 69.8 Å². The summed E-state index contributed by atoms with van der Waals surface area (Å²) in [6.45, 7) is 5.19. The van der Waals surface area contributed by atoms with Crippen LogP contribution in [0.2, 0.25) is 0 Å². The van der Waals surface area contributed by atoms with E-state index in [2.05, 4.69) is 46.8 Å². The lowest BCUT2D eigenvalue weighted by molar-refractivity contribution is 0.158. The molecule has 0 fully saturated rings. The first-order valence-electron chi connectivity index (χ1n) is 8.49. The zero-order valence-electron chi connectivity index (χ0n) is 14.8. The van der Waals surface area contributed by atoms with Gasteiger partial charge in [0.1, 0.15) is 11.9 Å². The zero-order chi connectivity index (χ0) is 17.2. The van der Waals surface area contributed by atoms with Crippen molar-refractivity contribution in [1.29, 1.82) is 0 Å². The molecule has 2 atom stereocenters. The third-order valence-electron chi connectivity index (χ3n) is 3.73. The summed E-state index contributed by atoms with van der Waals surface area (Å²) < 4.78 is 5.20. The van der Waals surface area contributed by atoms with E-state index in [1.807, 2.05) is 13.0 Å². The first-order valence-corrected chi connectivity index (χ1v) is 8.49. The number of rotatable bonds is 8. The van der Waals surface area contributed by atoms with Crippen LogP contribution in [0.4, 0.5) is 0 Å². The van der Waals surface area contributed by atoms with Crippen LogP contribution in [0.5, 0.6) is 0 Å². The van der Waals surface area contributed by atoms with E-state index >= 15 is 0 Å². The Hall–Kier alpha value is -1.54. The van der Waals surface area contributed by atoms with Gasteiger partial charge in [-0.1, -0.05) is 30.3 Å². The van der Waals surface area contributed by atoms with Gasteiger partial charge in [-0.25, -0.2) is 0 Å². The maximum Gasteiger partial charge on any atom is 0.191 e. The molecule has 2 unspecified atom stereocenters.